The first kappa shape index (κ1) is 17.3. The zero-order valence-electron chi connectivity index (χ0n) is 14.7. The Hall–Kier alpha value is -2.56. The van der Waals surface area contributed by atoms with Gasteiger partial charge in [-0.05, 0) is 62.4 Å². The van der Waals surface area contributed by atoms with E-state index in [9.17, 15) is 4.79 Å². The van der Waals surface area contributed by atoms with Crippen molar-refractivity contribution in [2.45, 2.75) is 44.8 Å². The van der Waals surface area contributed by atoms with E-state index in [1.165, 1.54) is 12.8 Å². The Morgan fingerprint density at radius 3 is 2.72 bits per heavy atom. The van der Waals surface area contributed by atoms with Crippen LogP contribution >= 0.6 is 0 Å². The number of carbonyl (C=O) groups is 1. The smallest absolute Gasteiger partial charge is 0.253 e. The average molecular weight is 340 g/mol. The summed E-state index contributed by atoms with van der Waals surface area (Å²) in [4.78, 5) is 16.2. The second-order valence-electron chi connectivity index (χ2n) is 6.37. The molecule has 25 heavy (non-hydrogen) atoms. The molecule has 132 valence electrons. The zero-order valence-corrected chi connectivity index (χ0v) is 14.7. The molecule has 0 saturated heterocycles. The monoisotopic (exact) mass is 340 g/mol. The third-order valence-electron chi connectivity index (χ3n) is 4.55. The van der Waals surface area contributed by atoms with Crippen molar-refractivity contribution in [1.82, 2.24) is 10.3 Å². The maximum Gasteiger partial charge on any atom is 0.253 e. The van der Waals surface area contributed by atoms with Gasteiger partial charge < -0.3 is 14.8 Å². The highest BCUT2D eigenvalue weighted by atomic mass is 16.5. The maximum absolute atomic E-state index is 12.3. The number of hydrogen-bond acceptors (Lipinski definition) is 4. The van der Waals surface area contributed by atoms with Gasteiger partial charge in [0.25, 0.3) is 5.91 Å². The molecule has 2 aromatic rings. The van der Waals surface area contributed by atoms with Crippen molar-refractivity contribution >= 4 is 5.91 Å². The summed E-state index contributed by atoms with van der Waals surface area (Å²) < 4.78 is 11.6. The van der Waals surface area contributed by atoms with E-state index in [4.69, 9.17) is 9.47 Å². The van der Waals surface area contributed by atoms with E-state index in [1.807, 2.05) is 25.1 Å². The van der Waals surface area contributed by atoms with Crippen LogP contribution in [0.25, 0.3) is 0 Å². The van der Waals surface area contributed by atoms with Gasteiger partial charge in [-0.25, -0.2) is 0 Å². The molecule has 0 bridgehead atoms. The van der Waals surface area contributed by atoms with Gasteiger partial charge in [0.2, 0.25) is 0 Å². The standard InChI is InChI=1S/C20H24N2O3/c1-14(22-20(23)16-6-5-11-21-13-16)15-9-10-18(19(12-15)24-2)25-17-7-3-4-8-17/h5-6,9-14,17H,3-4,7-8H2,1-2H3,(H,22,23)/t14-/m1/s1. The summed E-state index contributed by atoms with van der Waals surface area (Å²) in [7, 11) is 1.64. The van der Waals surface area contributed by atoms with E-state index in [1.54, 1.807) is 31.6 Å². The Bertz CT molecular complexity index is 712. The molecule has 5 heteroatoms. The predicted octanol–water partition coefficient (Wildman–Crippen LogP) is 3.90. The lowest BCUT2D eigenvalue weighted by molar-refractivity contribution is 0.0939. The molecule has 1 heterocycles. The number of pyridine rings is 1. The minimum absolute atomic E-state index is 0.147. The molecule has 0 unspecified atom stereocenters. The fourth-order valence-electron chi connectivity index (χ4n) is 3.10. The van der Waals surface area contributed by atoms with Crippen molar-refractivity contribution in [2.24, 2.45) is 0 Å². The minimum atomic E-state index is -0.151. The van der Waals surface area contributed by atoms with Crippen molar-refractivity contribution < 1.29 is 14.3 Å². The molecule has 1 aliphatic rings. The molecule has 0 spiro atoms. The van der Waals surface area contributed by atoms with Crippen LogP contribution in [0.15, 0.2) is 42.7 Å². The largest absolute Gasteiger partial charge is 0.493 e. The van der Waals surface area contributed by atoms with Crippen molar-refractivity contribution in [3.05, 3.63) is 53.9 Å². The molecule has 1 amide bonds. The number of nitrogens with zero attached hydrogens (tertiary/aromatic N) is 1. The van der Waals surface area contributed by atoms with Crippen molar-refractivity contribution in [3.63, 3.8) is 0 Å². The van der Waals surface area contributed by atoms with Crippen LogP contribution in [0.3, 0.4) is 0 Å². The summed E-state index contributed by atoms with van der Waals surface area (Å²) in [5.74, 6) is 1.32. The molecule has 0 radical (unpaired) electrons. The average Bonchev–Trinajstić information content (AvgIpc) is 3.15. The summed E-state index contributed by atoms with van der Waals surface area (Å²) in [6.07, 6.45) is 8.13. The number of aromatic nitrogens is 1. The number of nitrogens with one attached hydrogen (secondary N) is 1. The zero-order chi connectivity index (χ0) is 17.6. The number of rotatable bonds is 6. The Labute approximate surface area is 148 Å². The topological polar surface area (TPSA) is 60.5 Å². The maximum atomic E-state index is 12.3. The Morgan fingerprint density at radius 1 is 1.24 bits per heavy atom. The first-order chi connectivity index (χ1) is 12.2. The van der Waals surface area contributed by atoms with Gasteiger partial charge in [0.15, 0.2) is 11.5 Å². The van der Waals surface area contributed by atoms with E-state index in [-0.39, 0.29) is 18.1 Å². The van der Waals surface area contributed by atoms with E-state index >= 15 is 0 Å². The number of amides is 1. The van der Waals surface area contributed by atoms with E-state index in [2.05, 4.69) is 10.3 Å². The van der Waals surface area contributed by atoms with Crippen molar-refractivity contribution in [2.75, 3.05) is 7.11 Å². The van der Waals surface area contributed by atoms with E-state index in [0.717, 1.165) is 24.2 Å². The van der Waals surface area contributed by atoms with Gasteiger partial charge in [0.1, 0.15) is 0 Å². The Balaban J connectivity index is 1.69. The van der Waals surface area contributed by atoms with Crippen LogP contribution in [-0.2, 0) is 0 Å². The predicted molar refractivity (Wildman–Crippen MR) is 96.0 cm³/mol. The molecule has 1 atom stereocenters. The third-order valence-corrected chi connectivity index (χ3v) is 4.55. The number of carbonyl (C=O) groups excluding carboxylic acids is 1. The SMILES string of the molecule is COc1cc([C@@H](C)NC(=O)c2cccnc2)ccc1OC1CCCC1. The fourth-order valence-corrected chi connectivity index (χ4v) is 3.10. The number of benzene rings is 1. The fraction of sp³-hybridized carbons (Fsp3) is 0.400. The molecule has 1 aliphatic carbocycles. The Kier molecular flexibility index (Phi) is 5.53. The van der Waals surface area contributed by atoms with Crippen LogP contribution < -0.4 is 14.8 Å². The molecule has 0 aliphatic heterocycles. The van der Waals surface area contributed by atoms with Gasteiger partial charge in [0, 0.05) is 12.4 Å². The summed E-state index contributed by atoms with van der Waals surface area (Å²) >= 11 is 0. The molecule has 5 nitrogen and oxygen atoms in total. The highest BCUT2D eigenvalue weighted by molar-refractivity contribution is 5.94. The summed E-state index contributed by atoms with van der Waals surface area (Å²) in [5.41, 5.74) is 1.51. The highest BCUT2D eigenvalue weighted by Crippen LogP contribution is 2.33. The van der Waals surface area contributed by atoms with Gasteiger partial charge in [-0.3, -0.25) is 9.78 Å². The van der Waals surface area contributed by atoms with Crippen LogP contribution in [0.5, 0.6) is 11.5 Å². The summed E-state index contributed by atoms with van der Waals surface area (Å²) in [5, 5.41) is 2.98. The third kappa shape index (κ3) is 4.29. The lowest BCUT2D eigenvalue weighted by atomic mass is 10.1. The normalized spacial score (nSPS) is 15.6. The van der Waals surface area contributed by atoms with E-state index < -0.39 is 0 Å². The molecular weight excluding hydrogens is 316 g/mol. The van der Waals surface area contributed by atoms with Gasteiger partial charge in [0.05, 0.1) is 24.8 Å². The van der Waals surface area contributed by atoms with Gasteiger partial charge >= 0.3 is 0 Å². The number of ether oxygens (including phenoxy) is 2. The van der Waals surface area contributed by atoms with Crippen molar-refractivity contribution in [3.8, 4) is 11.5 Å². The second-order valence-corrected chi connectivity index (χ2v) is 6.37. The van der Waals surface area contributed by atoms with Crippen LogP contribution in [0.2, 0.25) is 0 Å². The molecular formula is C20H24N2O3. The summed E-state index contributed by atoms with van der Waals surface area (Å²) in [6.45, 7) is 1.94. The van der Waals surface area contributed by atoms with Gasteiger partial charge in [-0.1, -0.05) is 6.07 Å². The molecule has 1 fully saturated rings. The number of hydrogen-bond donors (Lipinski definition) is 1. The van der Waals surface area contributed by atoms with Gasteiger partial charge in [-0.2, -0.15) is 0 Å². The van der Waals surface area contributed by atoms with Crippen LogP contribution in [-0.4, -0.2) is 24.1 Å². The molecule has 1 N–H and O–H groups in total. The van der Waals surface area contributed by atoms with E-state index in [0.29, 0.717) is 11.3 Å². The molecule has 3 rings (SSSR count). The summed E-state index contributed by atoms with van der Waals surface area (Å²) in [6, 6.07) is 9.17. The first-order valence-corrected chi connectivity index (χ1v) is 8.73. The number of methoxy groups -OCH3 is 1. The molecule has 1 aromatic carbocycles. The van der Waals surface area contributed by atoms with Crippen molar-refractivity contribution in [1.29, 1.82) is 0 Å². The quantitative estimate of drug-likeness (QED) is 0.866. The second kappa shape index (κ2) is 8.01. The lowest BCUT2D eigenvalue weighted by Crippen LogP contribution is -2.26. The van der Waals surface area contributed by atoms with Gasteiger partial charge in [-0.15, -0.1) is 0 Å². The molecule has 1 saturated carbocycles. The lowest BCUT2D eigenvalue weighted by Gasteiger charge is -2.19. The van der Waals surface area contributed by atoms with Crippen LogP contribution in [0.4, 0.5) is 0 Å². The highest BCUT2D eigenvalue weighted by Gasteiger charge is 2.19. The van der Waals surface area contributed by atoms with Crippen LogP contribution in [0.1, 0.15) is 54.6 Å². The Morgan fingerprint density at radius 2 is 2.04 bits per heavy atom. The first-order valence-electron chi connectivity index (χ1n) is 8.73. The minimum Gasteiger partial charge on any atom is -0.493 e. The van der Waals surface area contributed by atoms with Crippen LogP contribution in [0, 0.1) is 0 Å². The molecule has 1 aromatic heterocycles.